The van der Waals surface area contributed by atoms with Crippen molar-refractivity contribution in [3.05, 3.63) is 18.7 Å². The van der Waals surface area contributed by atoms with Crippen LogP contribution in [0.25, 0.3) is 0 Å². The van der Waals surface area contributed by atoms with E-state index in [0.717, 1.165) is 13.1 Å². The maximum absolute atomic E-state index is 4.11. The van der Waals surface area contributed by atoms with Crippen LogP contribution in [0.3, 0.4) is 0 Å². The van der Waals surface area contributed by atoms with Crippen LogP contribution in [0.5, 0.6) is 0 Å². The number of nitrogens with zero attached hydrogens (tertiary/aromatic N) is 3. The zero-order chi connectivity index (χ0) is 14.4. The fraction of sp³-hybridized carbons (Fsp3) is 0.812. The summed E-state index contributed by atoms with van der Waals surface area (Å²) in [4.78, 5) is 6.82. The summed E-state index contributed by atoms with van der Waals surface area (Å²) in [5, 5.41) is 3.74. The van der Waals surface area contributed by atoms with E-state index in [2.05, 4.69) is 46.7 Å². The van der Waals surface area contributed by atoms with Gasteiger partial charge in [-0.25, -0.2) is 4.98 Å². The lowest BCUT2D eigenvalue weighted by atomic mass is 9.91. The summed E-state index contributed by atoms with van der Waals surface area (Å²) in [5.41, 5.74) is 0.319. The summed E-state index contributed by atoms with van der Waals surface area (Å²) >= 11 is 0. The molecule has 1 N–H and O–H groups in total. The van der Waals surface area contributed by atoms with Crippen molar-refractivity contribution < 1.29 is 0 Å². The van der Waals surface area contributed by atoms with Gasteiger partial charge in [0.25, 0.3) is 0 Å². The van der Waals surface area contributed by atoms with Gasteiger partial charge in [0.05, 0.1) is 6.33 Å². The molecular weight excluding hydrogens is 248 g/mol. The number of piperazine rings is 1. The number of imidazole rings is 1. The molecule has 1 aliphatic rings. The Balaban J connectivity index is 1.86. The fourth-order valence-electron chi connectivity index (χ4n) is 3.14. The SMILES string of the molecule is CCCC1CN(CCCn2ccnc2)C(C)(CC)CN1. The number of nitrogens with one attached hydrogen (secondary N) is 1. The molecule has 0 amide bonds. The van der Waals surface area contributed by atoms with E-state index in [1.807, 2.05) is 12.5 Å². The maximum atomic E-state index is 4.11. The molecule has 2 heterocycles. The first-order valence-corrected chi connectivity index (χ1v) is 8.12. The van der Waals surface area contributed by atoms with E-state index in [1.54, 1.807) is 0 Å². The Morgan fingerprint density at radius 2 is 2.20 bits per heavy atom. The van der Waals surface area contributed by atoms with Crippen molar-refractivity contribution >= 4 is 0 Å². The highest BCUT2D eigenvalue weighted by Gasteiger charge is 2.35. The number of hydrogen-bond acceptors (Lipinski definition) is 3. The summed E-state index contributed by atoms with van der Waals surface area (Å²) in [7, 11) is 0. The topological polar surface area (TPSA) is 33.1 Å². The summed E-state index contributed by atoms with van der Waals surface area (Å²) in [5.74, 6) is 0. The van der Waals surface area contributed by atoms with Gasteiger partial charge in [0, 0.05) is 50.2 Å². The first-order chi connectivity index (χ1) is 9.68. The zero-order valence-corrected chi connectivity index (χ0v) is 13.3. The molecule has 1 aromatic heterocycles. The van der Waals surface area contributed by atoms with Gasteiger partial charge in [-0.15, -0.1) is 0 Å². The van der Waals surface area contributed by atoms with Crippen LogP contribution >= 0.6 is 0 Å². The molecule has 4 heteroatoms. The Labute approximate surface area is 123 Å². The summed E-state index contributed by atoms with van der Waals surface area (Å²) in [6.45, 7) is 11.6. The maximum Gasteiger partial charge on any atom is 0.0945 e. The number of rotatable bonds is 7. The van der Waals surface area contributed by atoms with Crippen molar-refractivity contribution in [2.45, 2.75) is 64.6 Å². The fourth-order valence-corrected chi connectivity index (χ4v) is 3.14. The summed E-state index contributed by atoms with van der Waals surface area (Å²) in [6, 6.07) is 0.674. The molecule has 1 fully saturated rings. The van der Waals surface area contributed by atoms with Gasteiger partial charge in [0.1, 0.15) is 0 Å². The molecule has 1 saturated heterocycles. The molecule has 0 bridgehead atoms. The zero-order valence-electron chi connectivity index (χ0n) is 13.3. The third kappa shape index (κ3) is 3.83. The smallest absolute Gasteiger partial charge is 0.0945 e. The molecule has 0 aromatic carbocycles. The lowest BCUT2D eigenvalue weighted by Crippen LogP contribution is -2.63. The van der Waals surface area contributed by atoms with Gasteiger partial charge < -0.3 is 9.88 Å². The lowest BCUT2D eigenvalue weighted by Gasteiger charge is -2.48. The standard InChI is InChI=1S/C16H30N4/c1-4-7-15-12-20(16(3,5-2)13-18-15)10-6-9-19-11-8-17-14-19/h8,11,14-15,18H,4-7,9-10,12-13H2,1-3H3. The van der Waals surface area contributed by atoms with E-state index >= 15 is 0 Å². The van der Waals surface area contributed by atoms with Crippen LogP contribution < -0.4 is 5.32 Å². The van der Waals surface area contributed by atoms with E-state index in [9.17, 15) is 0 Å². The minimum absolute atomic E-state index is 0.319. The quantitative estimate of drug-likeness (QED) is 0.832. The minimum atomic E-state index is 0.319. The molecular formula is C16H30N4. The van der Waals surface area contributed by atoms with E-state index in [1.165, 1.54) is 38.8 Å². The van der Waals surface area contributed by atoms with Crippen molar-refractivity contribution in [1.82, 2.24) is 19.8 Å². The van der Waals surface area contributed by atoms with Crippen molar-refractivity contribution in [2.75, 3.05) is 19.6 Å². The molecule has 0 saturated carbocycles. The molecule has 0 spiro atoms. The molecule has 2 rings (SSSR count). The summed E-state index contributed by atoms with van der Waals surface area (Å²) in [6.07, 6.45) is 10.8. The average molecular weight is 278 g/mol. The third-order valence-corrected chi connectivity index (χ3v) is 4.78. The molecule has 2 unspecified atom stereocenters. The molecule has 0 radical (unpaired) electrons. The van der Waals surface area contributed by atoms with E-state index in [0.29, 0.717) is 11.6 Å². The predicted octanol–water partition coefficient (Wildman–Crippen LogP) is 2.52. The van der Waals surface area contributed by atoms with Gasteiger partial charge in [0.2, 0.25) is 0 Å². The van der Waals surface area contributed by atoms with Crippen molar-refractivity contribution in [2.24, 2.45) is 0 Å². The molecule has 1 aliphatic heterocycles. The van der Waals surface area contributed by atoms with Crippen molar-refractivity contribution in [3.8, 4) is 0 Å². The Morgan fingerprint density at radius 1 is 1.35 bits per heavy atom. The van der Waals surface area contributed by atoms with Crippen LogP contribution in [-0.2, 0) is 6.54 Å². The Morgan fingerprint density at radius 3 is 2.85 bits per heavy atom. The van der Waals surface area contributed by atoms with Crippen molar-refractivity contribution in [3.63, 3.8) is 0 Å². The van der Waals surface area contributed by atoms with Crippen LogP contribution in [0, 0.1) is 0 Å². The Hall–Kier alpha value is -0.870. The second-order valence-electron chi connectivity index (χ2n) is 6.32. The number of aromatic nitrogens is 2. The lowest BCUT2D eigenvalue weighted by molar-refractivity contribution is 0.0449. The van der Waals surface area contributed by atoms with Gasteiger partial charge in [-0.05, 0) is 26.2 Å². The van der Waals surface area contributed by atoms with Gasteiger partial charge in [-0.2, -0.15) is 0 Å². The monoisotopic (exact) mass is 278 g/mol. The first-order valence-electron chi connectivity index (χ1n) is 8.12. The molecule has 1 aromatic rings. The Bertz CT molecular complexity index is 376. The van der Waals surface area contributed by atoms with Gasteiger partial charge in [0.15, 0.2) is 0 Å². The summed E-state index contributed by atoms with van der Waals surface area (Å²) < 4.78 is 2.18. The van der Waals surface area contributed by atoms with Crippen LogP contribution in [0.4, 0.5) is 0 Å². The van der Waals surface area contributed by atoms with Crippen LogP contribution in [0.1, 0.15) is 46.5 Å². The highest BCUT2D eigenvalue weighted by atomic mass is 15.3. The van der Waals surface area contributed by atoms with Crippen LogP contribution in [0.15, 0.2) is 18.7 Å². The number of hydrogen-bond donors (Lipinski definition) is 1. The molecule has 4 nitrogen and oxygen atoms in total. The highest BCUT2D eigenvalue weighted by Crippen LogP contribution is 2.24. The van der Waals surface area contributed by atoms with E-state index < -0.39 is 0 Å². The second-order valence-corrected chi connectivity index (χ2v) is 6.32. The average Bonchev–Trinajstić information content (AvgIpc) is 2.96. The second kappa shape index (κ2) is 7.23. The van der Waals surface area contributed by atoms with Crippen molar-refractivity contribution in [1.29, 1.82) is 0 Å². The minimum Gasteiger partial charge on any atom is -0.337 e. The molecule has 0 aliphatic carbocycles. The van der Waals surface area contributed by atoms with Gasteiger partial charge >= 0.3 is 0 Å². The normalized spacial score (nSPS) is 27.9. The third-order valence-electron chi connectivity index (χ3n) is 4.78. The molecule has 114 valence electrons. The Kier molecular flexibility index (Phi) is 5.61. The van der Waals surface area contributed by atoms with Crippen LogP contribution in [0.2, 0.25) is 0 Å². The number of aryl methyl sites for hydroxylation is 1. The molecule has 2 atom stereocenters. The first kappa shape index (κ1) is 15.5. The highest BCUT2D eigenvalue weighted by molar-refractivity contribution is 4.95. The van der Waals surface area contributed by atoms with Gasteiger partial charge in [-0.3, -0.25) is 4.90 Å². The van der Waals surface area contributed by atoms with E-state index in [4.69, 9.17) is 0 Å². The van der Waals surface area contributed by atoms with Crippen LogP contribution in [-0.4, -0.2) is 45.7 Å². The van der Waals surface area contributed by atoms with E-state index in [-0.39, 0.29) is 0 Å². The predicted molar refractivity (Wildman–Crippen MR) is 83.8 cm³/mol. The molecule has 20 heavy (non-hydrogen) atoms. The van der Waals surface area contributed by atoms with Gasteiger partial charge in [-0.1, -0.05) is 20.3 Å². The largest absolute Gasteiger partial charge is 0.337 e.